The quantitative estimate of drug-likeness (QED) is 0.116. The molecule has 0 unspecified atom stereocenters. The summed E-state index contributed by atoms with van der Waals surface area (Å²) in [6.45, 7) is -0.0569. The number of phenols is 4. The minimum Gasteiger partial charge on any atom is -0.507 e. The van der Waals surface area contributed by atoms with Gasteiger partial charge in [-0.25, -0.2) is 0 Å². The molecule has 5 aliphatic heterocycles. The average Bonchev–Trinajstić information content (AvgIpc) is 3.63. The number of carbonyl (C=O) groups excluding carboxylic acids is 7. The van der Waals surface area contributed by atoms with Gasteiger partial charge in [0.15, 0.2) is 11.5 Å². The van der Waals surface area contributed by atoms with Crippen LogP contribution in [0, 0.1) is 23.7 Å². The molecule has 0 radical (unpaired) electrons. The van der Waals surface area contributed by atoms with Crippen molar-refractivity contribution in [2.24, 2.45) is 29.4 Å². The zero-order valence-corrected chi connectivity index (χ0v) is 44.7. The summed E-state index contributed by atoms with van der Waals surface area (Å²) in [7, 11) is 1.27. The van der Waals surface area contributed by atoms with Gasteiger partial charge in [-0.2, -0.15) is 0 Å². The highest BCUT2D eigenvalue weighted by atomic mass is 35.5. The molecule has 4 fully saturated rings. The van der Waals surface area contributed by atoms with Crippen LogP contribution in [-0.2, 0) is 40.1 Å². The summed E-state index contributed by atoms with van der Waals surface area (Å²) in [6, 6.07) is 6.92. The van der Waals surface area contributed by atoms with Gasteiger partial charge in [0, 0.05) is 30.8 Å². The summed E-state index contributed by atoms with van der Waals surface area (Å²) in [4.78, 5) is 100. The molecule has 82 heavy (non-hydrogen) atoms. The number of nitrogens with one attached hydrogen (secondary N) is 7. The first kappa shape index (κ1) is 55.3. The van der Waals surface area contributed by atoms with Gasteiger partial charge in [-0.3, -0.25) is 33.6 Å². The van der Waals surface area contributed by atoms with Crippen LogP contribution in [0.4, 0.5) is 0 Å². The molecule has 4 aliphatic carbocycles. The van der Waals surface area contributed by atoms with E-state index in [2.05, 4.69) is 37.2 Å². The number of amides is 7. The van der Waals surface area contributed by atoms with Crippen LogP contribution in [-0.4, -0.2) is 97.2 Å². The van der Waals surface area contributed by atoms with Gasteiger partial charge in [-0.15, -0.1) is 0 Å². The SMILES string of the molecule is CNC(=O)[C@H]1NC(=O)[C@H]2NC(=O)[C@H](NC(=O)[C@@H]3NC(=O)[C@H](CC(N)=O)NC(=O)C[C@H](O)c4ccc(c(Cl)c4)Oc4cc3cc(c4O)Oc3ccc(cc3)[C@H]2O)c2ccc(O)c(c2)-c2c1cc(O)c(CNC1C3CC4CC(C3)CC1C4)c2O. The second kappa shape index (κ2) is 22.0. The Hall–Kier alpha value is -8.64. The highest BCUT2D eigenvalue weighted by Crippen LogP contribution is 2.55. The van der Waals surface area contributed by atoms with Gasteiger partial charge in [0.2, 0.25) is 47.1 Å². The van der Waals surface area contributed by atoms with E-state index in [9.17, 15) is 54.6 Å². The van der Waals surface area contributed by atoms with Crippen LogP contribution in [0.25, 0.3) is 11.1 Å². The second-order valence-corrected chi connectivity index (χ2v) is 22.4. The second-order valence-electron chi connectivity index (χ2n) is 22.0. The van der Waals surface area contributed by atoms with E-state index in [4.69, 9.17) is 26.8 Å². The highest BCUT2D eigenvalue weighted by Gasteiger charge is 2.48. The van der Waals surface area contributed by atoms with Crippen LogP contribution in [0.5, 0.6) is 46.0 Å². The topological polar surface area (TPSA) is 370 Å². The maximum Gasteiger partial charge on any atom is 0.248 e. The van der Waals surface area contributed by atoms with Crippen molar-refractivity contribution in [3.8, 4) is 57.1 Å². The molecule has 14 rings (SSSR count). The first-order valence-corrected chi connectivity index (χ1v) is 27.2. The standard InChI is InChI=1S/C58H59ClN8O15/c1-61-55(77)49-33-19-39(70)34(22-62-46-28-11-23-10-24(13-28)14-29(46)12-23)52(74)45(33)32-15-27(4-8-37(32)68)47-56(78)67-50(58(80)66-49)51(73)25-2-6-31(7-3-25)81-41-17-30-18-42(53(41)75)82-40-9-5-26(16-35(40)59)38(69)21-44(72)63-36(20-43(60)71)54(76)64-48(30)57(79)65-47/h2-9,15-19,23-24,28-29,36,38,46-51,62,68-70,73-75H,10-14,20-22H2,1H3,(H2,60,71)(H,61,77)(H,63,72)(H,64,76)(H,65,79)(H,66,80)(H,67,78)/t23?,24?,28?,29?,36-,38-,46?,47+,48+,49-,50-,51+/m0/s1. The fourth-order valence-corrected chi connectivity index (χ4v) is 13.2. The minimum atomic E-state index is -2.02. The number of hydrogen-bond donors (Lipinski definition) is 14. The average molecular weight is 1140 g/mol. The lowest BCUT2D eigenvalue weighted by molar-refractivity contribution is -0.137. The Morgan fingerprint density at radius 1 is 0.659 bits per heavy atom. The van der Waals surface area contributed by atoms with Crippen molar-refractivity contribution in [2.75, 3.05) is 7.05 Å². The number of aliphatic hydroxyl groups excluding tert-OH is 2. The summed E-state index contributed by atoms with van der Waals surface area (Å²) in [5, 5.41) is 90.0. The van der Waals surface area contributed by atoms with Crippen LogP contribution in [0.3, 0.4) is 0 Å². The number of aliphatic hydroxyl groups is 2. The molecular weight excluding hydrogens is 1080 g/mol. The monoisotopic (exact) mass is 1140 g/mol. The van der Waals surface area contributed by atoms with Crippen LogP contribution >= 0.6 is 11.6 Å². The Morgan fingerprint density at radius 3 is 1.96 bits per heavy atom. The molecule has 7 atom stereocenters. The lowest BCUT2D eigenvalue weighted by Gasteiger charge is -2.54. The summed E-state index contributed by atoms with van der Waals surface area (Å²) in [5.41, 5.74) is 4.60. The molecule has 0 spiro atoms. The highest BCUT2D eigenvalue weighted by molar-refractivity contribution is 6.32. The van der Waals surface area contributed by atoms with Crippen molar-refractivity contribution in [3.05, 3.63) is 117 Å². The Morgan fingerprint density at radius 2 is 1.29 bits per heavy atom. The predicted octanol–water partition coefficient (Wildman–Crippen LogP) is 3.59. The van der Waals surface area contributed by atoms with Crippen molar-refractivity contribution in [3.63, 3.8) is 0 Å². The third-order valence-corrected chi connectivity index (χ3v) is 17.0. The zero-order chi connectivity index (χ0) is 58.0. The molecule has 0 aromatic heterocycles. The van der Waals surface area contributed by atoms with Gasteiger partial charge in [0.25, 0.3) is 0 Å². The molecule has 0 saturated heterocycles. The third kappa shape index (κ3) is 10.6. The van der Waals surface area contributed by atoms with Crippen molar-refractivity contribution in [1.29, 1.82) is 0 Å². The number of aromatic hydroxyl groups is 4. The molecule has 5 aromatic rings. The molecule has 15 N–H and O–H groups in total. The molecule has 9 aliphatic rings. The maximum atomic E-state index is 15.4. The number of halogens is 1. The number of carbonyl (C=O) groups is 7. The Balaban J connectivity index is 1.08. The number of phenolic OH excluding ortho intramolecular Hbond substituents is 4. The van der Waals surface area contributed by atoms with E-state index in [0.717, 1.165) is 43.9 Å². The molecule has 7 amide bonds. The lowest BCUT2D eigenvalue weighted by Crippen LogP contribution is -2.56. The van der Waals surface area contributed by atoms with Gasteiger partial charge < -0.3 is 83.1 Å². The van der Waals surface area contributed by atoms with Crippen molar-refractivity contribution >= 4 is 53.0 Å². The van der Waals surface area contributed by atoms with Gasteiger partial charge >= 0.3 is 0 Å². The fraction of sp³-hybridized carbons (Fsp3) is 0.362. The molecule has 15 bridgehead atoms. The van der Waals surface area contributed by atoms with Gasteiger partial charge in [0.05, 0.1) is 29.5 Å². The number of ether oxygens (including phenoxy) is 2. The number of fused-ring (bicyclic) bond motifs is 15. The van der Waals surface area contributed by atoms with Crippen LogP contribution in [0.2, 0.25) is 5.02 Å². The molecule has 428 valence electrons. The Bertz CT molecular complexity index is 3440. The van der Waals surface area contributed by atoms with Crippen LogP contribution < -0.4 is 52.4 Å². The van der Waals surface area contributed by atoms with E-state index in [-0.39, 0.29) is 73.6 Å². The lowest BCUT2D eigenvalue weighted by atomic mass is 9.54. The predicted molar refractivity (Wildman–Crippen MR) is 290 cm³/mol. The van der Waals surface area contributed by atoms with Crippen LogP contribution in [0.15, 0.2) is 78.9 Å². The number of hydrogen-bond acceptors (Lipinski definition) is 16. The summed E-state index contributed by atoms with van der Waals surface area (Å²) >= 11 is 6.65. The molecule has 4 saturated carbocycles. The first-order valence-electron chi connectivity index (χ1n) is 26.8. The number of benzene rings is 5. The number of rotatable bonds is 6. The van der Waals surface area contributed by atoms with Gasteiger partial charge in [-0.1, -0.05) is 35.9 Å². The molecular formula is C58H59ClN8O15. The Kier molecular flexibility index (Phi) is 14.8. The molecule has 24 heteroatoms. The minimum absolute atomic E-state index is 0.00157. The van der Waals surface area contributed by atoms with E-state index in [1.807, 2.05) is 0 Å². The maximum absolute atomic E-state index is 15.4. The van der Waals surface area contributed by atoms with E-state index in [1.165, 1.54) is 74.1 Å². The van der Waals surface area contributed by atoms with E-state index in [0.29, 0.717) is 23.7 Å². The molecule has 23 nitrogen and oxygen atoms in total. The van der Waals surface area contributed by atoms with Gasteiger partial charge in [-0.05, 0) is 138 Å². The Labute approximate surface area is 472 Å². The summed E-state index contributed by atoms with van der Waals surface area (Å²) in [5.74, 6) is -8.78. The van der Waals surface area contributed by atoms with Gasteiger partial charge in [0.1, 0.15) is 65.1 Å². The third-order valence-electron chi connectivity index (χ3n) is 16.7. The smallest absolute Gasteiger partial charge is 0.248 e. The van der Waals surface area contributed by atoms with Crippen molar-refractivity contribution in [2.45, 2.75) is 99.9 Å². The largest absolute Gasteiger partial charge is 0.507 e. The normalized spacial score (nSPS) is 27.5. The first-order chi connectivity index (χ1) is 39.2. The molecule has 5 heterocycles. The fourth-order valence-electron chi connectivity index (χ4n) is 12.9. The van der Waals surface area contributed by atoms with Crippen molar-refractivity contribution < 1.29 is 73.7 Å². The number of nitrogens with two attached hydrogens (primary N) is 1. The molecule has 5 aromatic carbocycles. The van der Waals surface area contributed by atoms with Crippen LogP contribution in [0.1, 0.15) is 109 Å². The number of likely N-dealkylation sites (N-methyl/N-ethyl adjacent to an activating group) is 1. The van der Waals surface area contributed by atoms with E-state index < -0.39 is 131 Å². The van der Waals surface area contributed by atoms with E-state index >= 15 is 9.59 Å². The summed E-state index contributed by atoms with van der Waals surface area (Å²) in [6.07, 6.45) is 0.528. The zero-order valence-electron chi connectivity index (χ0n) is 43.9. The van der Waals surface area contributed by atoms with E-state index in [1.54, 1.807) is 0 Å². The number of primary amides is 1. The summed E-state index contributed by atoms with van der Waals surface area (Å²) < 4.78 is 12.3. The van der Waals surface area contributed by atoms with Crippen molar-refractivity contribution in [1.82, 2.24) is 37.2 Å².